The SMILES string of the molecule is Cc1ccc2cc1Oc1cccc(c1)CO[C@@H]1CCN(C(=O)c3cn[nH]c3C3CCCCC3)C[C@@H]1NC(=O)CN(C)C2=O. The van der Waals surface area contributed by atoms with Gasteiger partial charge in [0.1, 0.15) is 11.5 Å². The standard InChI is InChI=1S/C33H39N5O5/c1-21-11-12-24-16-29(21)43-25-10-6-7-22(15-25)20-42-28-13-14-38(18-27(28)35-30(39)19-37(2)32(24)40)33(41)26-17-34-36-31(26)23-8-4-3-5-9-23/h6-7,10-12,15-17,23,27-28H,3-5,8-9,13-14,18-20H2,1-2H3,(H,34,36)(H,35,39)/t27-,28+/m0/s1. The van der Waals surface area contributed by atoms with Crippen LogP contribution in [0, 0.1) is 6.92 Å². The first-order valence-corrected chi connectivity index (χ1v) is 15.2. The minimum atomic E-state index is -0.447. The summed E-state index contributed by atoms with van der Waals surface area (Å²) in [6.07, 6.45) is 7.53. The number of carbonyl (C=O) groups is 3. The van der Waals surface area contributed by atoms with Crippen molar-refractivity contribution in [2.45, 2.75) is 70.1 Å². The number of likely N-dealkylation sites (tertiary alicyclic amines) is 1. The van der Waals surface area contributed by atoms with Crippen molar-refractivity contribution < 1.29 is 23.9 Å². The fourth-order valence-electron chi connectivity index (χ4n) is 6.42. The van der Waals surface area contributed by atoms with Crippen molar-refractivity contribution in [1.29, 1.82) is 0 Å². The number of amides is 3. The molecule has 1 saturated carbocycles. The monoisotopic (exact) mass is 585 g/mol. The van der Waals surface area contributed by atoms with E-state index in [4.69, 9.17) is 9.47 Å². The van der Waals surface area contributed by atoms with Crippen molar-refractivity contribution in [3.05, 3.63) is 76.6 Å². The number of aromatic amines is 1. The van der Waals surface area contributed by atoms with Crippen LogP contribution >= 0.6 is 0 Å². The van der Waals surface area contributed by atoms with Gasteiger partial charge in [-0.3, -0.25) is 19.5 Å². The number of nitrogens with zero attached hydrogens (tertiary/aromatic N) is 3. The summed E-state index contributed by atoms with van der Waals surface area (Å²) in [5.74, 6) is 0.859. The van der Waals surface area contributed by atoms with Crippen LogP contribution < -0.4 is 10.1 Å². The predicted octanol–water partition coefficient (Wildman–Crippen LogP) is 4.56. The van der Waals surface area contributed by atoms with Crippen molar-refractivity contribution in [3.8, 4) is 11.5 Å². The summed E-state index contributed by atoms with van der Waals surface area (Å²) in [5.41, 5.74) is 3.79. The first-order valence-electron chi connectivity index (χ1n) is 15.2. The molecule has 2 aliphatic heterocycles. The number of fused-ring (bicyclic) bond motifs is 5. The maximum atomic E-state index is 13.8. The van der Waals surface area contributed by atoms with E-state index in [1.807, 2.05) is 37.3 Å². The maximum absolute atomic E-state index is 13.8. The van der Waals surface area contributed by atoms with Gasteiger partial charge in [0.2, 0.25) is 5.91 Å². The number of nitrogens with one attached hydrogen (secondary N) is 2. The van der Waals surface area contributed by atoms with Crippen LogP contribution in [0.1, 0.15) is 82.0 Å². The summed E-state index contributed by atoms with van der Waals surface area (Å²) in [7, 11) is 1.60. The molecule has 43 heavy (non-hydrogen) atoms. The van der Waals surface area contributed by atoms with Gasteiger partial charge in [-0.25, -0.2) is 0 Å². The number of hydrogen-bond donors (Lipinski definition) is 2. The second kappa shape index (κ2) is 12.6. The molecule has 0 spiro atoms. The van der Waals surface area contributed by atoms with Gasteiger partial charge in [-0.1, -0.05) is 37.5 Å². The van der Waals surface area contributed by atoms with Gasteiger partial charge in [0.05, 0.1) is 42.8 Å². The number of aromatic nitrogens is 2. The Hall–Kier alpha value is -4.18. The highest BCUT2D eigenvalue weighted by molar-refractivity contribution is 5.97. The van der Waals surface area contributed by atoms with E-state index >= 15 is 0 Å². The number of H-pyrrole nitrogens is 1. The Morgan fingerprint density at radius 3 is 2.72 bits per heavy atom. The zero-order valence-corrected chi connectivity index (χ0v) is 24.8. The lowest BCUT2D eigenvalue weighted by molar-refractivity contribution is -0.124. The molecule has 2 fully saturated rings. The lowest BCUT2D eigenvalue weighted by Crippen LogP contribution is -2.58. The van der Waals surface area contributed by atoms with Gasteiger partial charge in [0.15, 0.2) is 0 Å². The van der Waals surface area contributed by atoms with Crippen LogP contribution in [0.15, 0.2) is 48.7 Å². The van der Waals surface area contributed by atoms with Crippen molar-refractivity contribution in [3.63, 3.8) is 0 Å². The Morgan fingerprint density at radius 1 is 1.05 bits per heavy atom. The van der Waals surface area contributed by atoms with E-state index in [1.54, 1.807) is 30.3 Å². The molecule has 1 aliphatic carbocycles. The number of benzene rings is 2. The van der Waals surface area contributed by atoms with Crippen LogP contribution in [0.25, 0.3) is 0 Å². The molecule has 3 aliphatic rings. The molecule has 3 amide bonds. The van der Waals surface area contributed by atoms with Crippen molar-refractivity contribution in [2.75, 3.05) is 26.7 Å². The molecule has 10 heteroatoms. The molecule has 1 saturated heterocycles. The summed E-state index contributed by atoms with van der Waals surface area (Å²) in [5, 5.41) is 10.4. The number of aryl methyl sites for hydroxylation is 1. The van der Waals surface area contributed by atoms with Crippen LogP contribution in [0.4, 0.5) is 0 Å². The van der Waals surface area contributed by atoms with Gasteiger partial charge in [0, 0.05) is 31.6 Å². The maximum Gasteiger partial charge on any atom is 0.257 e. The van der Waals surface area contributed by atoms with Crippen molar-refractivity contribution in [1.82, 2.24) is 25.3 Å². The van der Waals surface area contributed by atoms with Crippen LogP contribution in [-0.4, -0.2) is 76.5 Å². The molecule has 4 bridgehead atoms. The normalized spacial score (nSPS) is 22.0. The molecule has 6 rings (SSSR count). The first-order chi connectivity index (χ1) is 20.9. The molecule has 0 unspecified atom stereocenters. The third kappa shape index (κ3) is 6.44. The molecular weight excluding hydrogens is 546 g/mol. The smallest absolute Gasteiger partial charge is 0.257 e. The second-order valence-electron chi connectivity index (χ2n) is 12.0. The topological polar surface area (TPSA) is 117 Å². The Kier molecular flexibility index (Phi) is 8.47. The largest absolute Gasteiger partial charge is 0.457 e. The molecule has 0 radical (unpaired) electrons. The summed E-state index contributed by atoms with van der Waals surface area (Å²) < 4.78 is 12.6. The van der Waals surface area contributed by atoms with E-state index in [-0.39, 0.29) is 30.4 Å². The molecule has 2 N–H and O–H groups in total. The Morgan fingerprint density at radius 2 is 1.88 bits per heavy atom. The average molecular weight is 586 g/mol. The summed E-state index contributed by atoms with van der Waals surface area (Å²) in [6, 6.07) is 12.5. The number of ether oxygens (including phenoxy) is 2. The fourth-order valence-corrected chi connectivity index (χ4v) is 6.42. The first kappa shape index (κ1) is 28.9. The van der Waals surface area contributed by atoms with Crippen LogP contribution in [0.5, 0.6) is 11.5 Å². The zero-order valence-electron chi connectivity index (χ0n) is 24.8. The van der Waals surface area contributed by atoms with Gasteiger partial charge in [-0.05, 0) is 61.6 Å². The number of likely N-dealkylation sites (N-methyl/N-ethyl adjacent to an activating group) is 1. The van der Waals surface area contributed by atoms with Gasteiger partial charge < -0.3 is 24.6 Å². The number of rotatable bonds is 2. The van der Waals surface area contributed by atoms with Gasteiger partial charge in [-0.2, -0.15) is 5.10 Å². The van der Waals surface area contributed by atoms with Gasteiger partial charge in [0.25, 0.3) is 11.8 Å². The third-order valence-corrected chi connectivity index (χ3v) is 8.85. The lowest BCUT2D eigenvalue weighted by atomic mass is 9.85. The molecule has 3 aromatic rings. The van der Waals surface area contributed by atoms with E-state index in [0.717, 1.165) is 42.5 Å². The van der Waals surface area contributed by atoms with E-state index in [1.165, 1.54) is 11.3 Å². The molecule has 226 valence electrons. The van der Waals surface area contributed by atoms with E-state index in [2.05, 4.69) is 15.5 Å². The Labute approximate surface area is 251 Å². The quantitative estimate of drug-likeness (QED) is 0.456. The molecule has 2 aromatic carbocycles. The molecule has 2 atom stereocenters. The van der Waals surface area contributed by atoms with Crippen molar-refractivity contribution in [2.24, 2.45) is 0 Å². The van der Waals surface area contributed by atoms with Gasteiger partial charge >= 0.3 is 0 Å². The minimum Gasteiger partial charge on any atom is -0.457 e. The predicted molar refractivity (Wildman–Crippen MR) is 160 cm³/mol. The molecule has 3 heterocycles. The highest BCUT2D eigenvalue weighted by Gasteiger charge is 2.36. The van der Waals surface area contributed by atoms with E-state index in [0.29, 0.717) is 54.7 Å². The average Bonchev–Trinajstić information content (AvgIpc) is 3.51. The van der Waals surface area contributed by atoms with Crippen LogP contribution in [-0.2, 0) is 16.1 Å². The Balaban J connectivity index is 1.24. The number of hydrogen-bond acceptors (Lipinski definition) is 6. The summed E-state index contributed by atoms with van der Waals surface area (Å²) in [4.78, 5) is 43.5. The van der Waals surface area contributed by atoms with Crippen molar-refractivity contribution >= 4 is 17.7 Å². The second-order valence-corrected chi connectivity index (χ2v) is 12.0. The van der Waals surface area contributed by atoms with E-state index in [9.17, 15) is 14.4 Å². The number of carbonyl (C=O) groups excluding carboxylic acids is 3. The molecule has 1 aromatic heterocycles. The lowest BCUT2D eigenvalue weighted by Gasteiger charge is -2.39. The summed E-state index contributed by atoms with van der Waals surface area (Å²) >= 11 is 0. The van der Waals surface area contributed by atoms with Crippen LogP contribution in [0.3, 0.4) is 0 Å². The van der Waals surface area contributed by atoms with E-state index < -0.39 is 6.04 Å². The minimum absolute atomic E-state index is 0.0820. The van der Waals surface area contributed by atoms with Gasteiger partial charge in [-0.15, -0.1) is 0 Å². The van der Waals surface area contributed by atoms with Crippen LogP contribution in [0.2, 0.25) is 0 Å². The highest BCUT2D eigenvalue weighted by Crippen LogP contribution is 2.34. The molecule has 10 nitrogen and oxygen atoms in total. The zero-order chi connectivity index (χ0) is 29.9. The Bertz CT molecular complexity index is 1500. The highest BCUT2D eigenvalue weighted by atomic mass is 16.5. The molecular formula is C33H39N5O5. The third-order valence-electron chi connectivity index (χ3n) is 8.85. The summed E-state index contributed by atoms with van der Waals surface area (Å²) in [6.45, 7) is 2.92. The fraction of sp³-hybridized carbons (Fsp3) is 0.455. The number of piperidine rings is 1.